The van der Waals surface area contributed by atoms with E-state index in [2.05, 4.69) is 5.32 Å². The van der Waals surface area contributed by atoms with E-state index in [4.69, 9.17) is 4.74 Å². The number of nitrogens with one attached hydrogen (secondary N) is 1. The SMILES string of the molecule is COC(CCc1cc(C(F)(F)F)cc(C(F)(F)F)c1)C1(c2ccccc2)CCNCC1.Cl. The summed E-state index contributed by atoms with van der Waals surface area (Å²) in [4.78, 5) is 0. The number of methoxy groups -OCH3 is 1. The van der Waals surface area contributed by atoms with Crippen molar-refractivity contribution in [2.45, 2.75) is 49.6 Å². The van der Waals surface area contributed by atoms with Gasteiger partial charge in [0, 0.05) is 12.5 Å². The van der Waals surface area contributed by atoms with Crippen molar-refractivity contribution in [3.8, 4) is 0 Å². The Hall–Kier alpha value is -1.77. The van der Waals surface area contributed by atoms with E-state index < -0.39 is 23.5 Å². The Labute approximate surface area is 189 Å². The van der Waals surface area contributed by atoms with Gasteiger partial charge in [-0.1, -0.05) is 30.3 Å². The van der Waals surface area contributed by atoms with E-state index in [-0.39, 0.29) is 42.0 Å². The molecule has 2 aromatic rings. The molecule has 0 bridgehead atoms. The van der Waals surface area contributed by atoms with Crippen LogP contribution in [0.15, 0.2) is 48.5 Å². The second-order valence-electron chi connectivity index (χ2n) is 7.95. The Morgan fingerprint density at radius 2 is 1.44 bits per heavy atom. The maximum absolute atomic E-state index is 13.2. The number of hydrogen-bond acceptors (Lipinski definition) is 2. The van der Waals surface area contributed by atoms with Crippen LogP contribution < -0.4 is 5.32 Å². The molecule has 0 aliphatic carbocycles. The molecule has 32 heavy (non-hydrogen) atoms. The maximum atomic E-state index is 13.2. The van der Waals surface area contributed by atoms with Gasteiger partial charge in [0.1, 0.15) is 0 Å². The number of hydrogen-bond donors (Lipinski definition) is 1. The van der Waals surface area contributed by atoms with Gasteiger partial charge in [0.25, 0.3) is 0 Å². The highest BCUT2D eigenvalue weighted by Crippen LogP contribution is 2.41. The molecule has 0 amide bonds. The first-order valence-corrected chi connectivity index (χ1v) is 10.1. The predicted molar refractivity (Wildman–Crippen MR) is 113 cm³/mol. The van der Waals surface area contributed by atoms with Crippen molar-refractivity contribution in [2.75, 3.05) is 20.2 Å². The summed E-state index contributed by atoms with van der Waals surface area (Å²) in [7, 11) is 1.55. The summed E-state index contributed by atoms with van der Waals surface area (Å²) in [5.41, 5.74) is -1.85. The summed E-state index contributed by atoms with van der Waals surface area (Å²) in [5.74, 6) is 0. The lowest BCUT2D eigenvalue weighted by molar-refractivity contribution is -0.143. The molecule has 2 aromatic carbocycles. The normalized spacial score (nSPS) is 17.5. The summed E-state index contributed by atoms with van der Waals surface area (Å²) in [6.45, 7) is 1.52. The van der Waals surface area contributed by atoms with Crippen LogP contribution in [0.25, 0.3) is 0 Å². The molecule has 0 spiro atoms. The molecular formula is C23H26ClF6NO. The lowest BCUT2D eigenvalue weighted by Gasteiger charge is -2.44. The van der Waals surface area contributed by atoms with Gasteiger partial charge in [-0.05, 0) is 68.1 Å². The van der Waals surface area contributed by atoms with Crippen LogP contribution in [0, 0.1) is 0 Å². The van der Waals surface area contributed by atoms with Crippen LogP contribution in [0.1, 0.15) is 41.5 Å². The number of aryl methyl sites for hydroxylation is 1. The van der Waals surface area contributed by atoms with Gasteiger partial charge >= 0.3 is 12.4 Å². The molecule has 1 aliphatic rings. The molecule has 1 fully saturated rings. The van der Waals surface area contributed by atoms with Gasteiger partial charge in [0.15, 0.2) is 0 Å². The highest BCUT2D eigenvalue weighted by atomic mass is 35.5. The number of halogens is 7. The van der Waals surface area contributed by atoms with Crippen LogP contribution in [-0.2, 0) is 28.9 Å². The van der Waals surface area contributed by atoms with Crippen molar-refractivity contribution in [3.05, 3.63) is 70.8 Å². The van der Waals surface area contributed by atoms with Gasteiger partial charge in [0.05, 0.1) is 17.2 Å². The summed E-state index contributed by atoms with van der Waals surface area (Å²) in [6.07, 6.45) is -8.15. The topological polar surface area (TPSA) is 21.3 Å². The number of ether oxygens (including phenoxy) is 1. The zero-order valence-electron chi connectivity index (χ0n) is 17.5. The molecule has 1 N–H and O–H groups in total. The summed E-state index contributed by atoms with van der Waals surface area (Å²) in [6, 6.07) is 11.5. The van der Waals surface area contributed by atoms with Crippen molar-refractivity contribution < 1.29 is 31.1 Å². The lowest BCUT2D eigenvalue weighted by atomic mass is 9.67. The fraction of sp³-hybridized carbons (Fsp3) is 0.478. The van der Waals surface area contributed by atoms with Crippen LogP contribution in [0.4, 0.5) is 26.3 Å². The molecular weight excluding hydrogens is 456 g/mol. The van der Waals surface area contributed by atoms with E-state index in [1.165, 1.54) is 0 Å². The fourth-order valence-electron chi connectivity index (χ4n) is 4.52. The van der Waals surface area contributed by atoms with E-state index in [9.17, 15) is 26.3 Å². The Balaban J connectivity index is 0.00000363. The molecule has 1 heterocycles. The smallest absolute Gasteiger partial charge is 0.381 e. The standard InChI is InChI=1S/C23H25F6NO.ClH/c1-31-20(21(9-11-30-12-10-21)17-5-3-2-4-6-17)8-7-16-13-18(22(24,25)26)15-19(14-16)23(27,28)29;/h2-6,13-15,20,30H,7-12H2,1H3;1H. The van der Waals surface area contributed by atoms with E-state index in [1.54, 1.807) is 7.11 Å². The Bertz CT molecular complexity index is 831. The average Bonchev–Trinajstić information content (AvgIpc) is 2.74. The van der Waals surface area contributed by atoms with Crippen molar-refractivity contribution >= 4 is 12.4 Å². The highest BCUT2D eigenvalue weighted by molar-refractivity contribution is 5.85. The van der Waals surface area contributed by atoms with E-state index in [1.807, 2.05) is 30.3 Å². The third-order valence-corrected chi connectivity index (χ3v) is 6.09. The molecule has 2 nitrogen and oxygen atoms in total. The minimum Gasteiger partial charge on any atom is -0.381 e. The number of alkyl halides is 6. The van der Waals surface area contributed by atoms with Crippen LogP contribution >= 0.6 is 12.4 Å². The molecule has 1 aliphatic heterocycles. The molecule has 178 valence electrons. The zero-order valence-corrected chi connectivity index (χ0v) is 18.3. The summed E-state index contributed by atoms with van der Waals surface area (Å²) >= 11 is 0. The van der Waals surface area contributed by atoms with Gasteiger partial charge in [0.2, 0.25) is 0 Å². The van der Waals surface area contributed by atoms with Gasteiger partial charge in [-0.2, -0.15) is 26.3 Å². The second-order valence-corrected chi connectivity index (χ2v) is 7.95. The third-order valence-electron chi connectivity index (χ3n) is 6.09. The molecule has 1 unspecified atom stereocenters. The fourth-order valence-corrected chi connectivity index (χ4v) is 4.52. The predicted octanol–water partition coefficient (Wildman–Crippen LogP) is 6.42. The monoisotopic (exact) mass is 481 g/mol. The first kappa shape index (κ1) is 26.5. The molecule has 0 aromatic heterocycles. The highest BCUT2D eigenvalue weighted by Gasteiger charge is 2.42. The third kappa shape index (κ3) is 5.97. The Morgan fingerprint density at radius 3 is 1.91 bits per heavy atom. The van der Waals surface area contributed by atoms with E-state index in [0.717, 1.165) is 43.6 Å². The zero-order chi connectivity index (χ0) is 22.7. The first-order chi connectivity index (χ1) is 14.6. The van der Waals surface area contributed by atoms with Crippen LogP contribution in [0.2, 0.25) is 0 Å². The number of rotatable bonds is 6. The largest absolute Gasteiger partial charge is 0.416 e. The van der Waals surface area contributed by atoms with Crippen molar-refractivity contribution in [1.29, 1.82) is 0 Å². The first-order valence-electron chi connectivity index (χ1n) is 10.1. The molecule has 0 radical (unpaired) electrons. The molecule has 9 heteroatoms. The second kappa shape index (κ2) is 10.4. The van der Waals surface area contributed by atoms with Crippen molar-refractivity contribution in [3.63, 3.8) is 0 Å². The van der Waals surface area contributed by atoms with Gasteiger partial charge in [-0.3, -0.25) is 0 Å². The molecule has 0 saturated carbocycles. The Kier molecular flexibility index (Phi) is 8.64. The molecule has 1 saturated heterocycles. The number of piperidine rings is 1. The Morgan fingerprint density at radius 1 is 0.906 bits per heavy atom. The van der Waals surface area contributed by atoms with Crippen molar-refractivity contribution in [2.24, 2.45) is 0 Å². The maximum Gasteiger partial charge on any atom is 0.416 e. The minimum absolute atomic E-state index is 0. The minimum atomic E-state index is -4.85. The summed E-state index contributed by atoms with van der Waals surface area (Å²) in [5, 5.41) is 3.30. The quantitative estimate of drug-likeness (QED) is 0.481. The molecule has 3 rings (SSSR count). The summed E-state index contributed by atoms with van der Waals surface area (Å²) < 4.78 is 84.8. The van der Waals surface area contributed by atoms with Gasteiger partial charge in [-0.25, -0.2) is 0 Å². The number of benzene rings is 2. The van der Waals surface area contributed by atoms with Crippen LogP contribution in [-0.4, -0.2) is 26.3 Å². The van der Waals surface area contributed by atoms with Gasteiger partial charge in [-0.15, -0.1) is 12.4 Å². The average molecular weight is 482 g/mol. The molecule has 1 atom stereocenters. The lowest BCUT2D eigenvalue weighted by Crippen LogP contribution is -2.48. The van der Waals surface area contributed by atoms with E-state index >= 15 is 0 Å². The van der Waals surface area contributed by atoms with E-state index in [0.29, 0.717) is 6.42 Å². The van der Waals surface area contributed by atoms with Gasteiger partial charge < -0.3 is 10.1 Å². The van der Waals surface area contributed by atoms with Crippen LogP contribution in [0.5, 0.6) is 0 Å². The van der Waals surface area contributed by atoms with Crippen molar-refractivity contribution in [1.82, 2.24) is 5.32 Å². The van der Waals surface area contributed by atoms with Crippen LogP contribution in [0.3, 0.4) is 0 Å².